The Hall–Kier alpha value is -2.62. The molecule has 4 rings (SSSR count). The third-order valence-electron chi connectivity index (χ3n) is 4.67. The average Bonchev–Trinajstić information content (AvgIpc) is 3.24. The number of hydrogen-bond acceptors (Lipinski definition) is 6. The molecule has 1 aromatic heterocycles. The maximum absolute atomic E-state index is 12.9. The van der Waals surface area contributed by atoms with Gasteiger partial charge in [-0.15, -0.1) is 5.10 Å². The summed E-state index contributed by atoms with van der Waals surface area (Å²) in [5.41, 5.74) is 1.96. The average molecular weight is 384 g/mol. The van der Waals surface area contributed by atoms with E-state index in [0.717, 1.165) is 19.6 Å². The van der Waals surface area contributed by atoms with E-state index in [1.165, 1.54) is 16.6 Å². The lowest BCUT2D eigenvalue weighted by Crippen LogP contribution is -2.48. The molecule has 2 aromatic carbocycles. The first kappa shape index (κ1) is 17.8. The van der Waals surface area contributed by atoms with E-state index in [4.69, 9.17) is 0 Å². The molecule has 0 N–H and O–H groups in total. The molecule has 140 valence electrons. The Morgan fingerprint density at radius 1 is 0.889 bits per heavy atom. The summed E-state index contributed by atoms with van der Waals surface area (Å²) in [7, 11) is -3.50. The molecule has 1 fully saturated rings. The van der Waals surface area contributed by atoms with Gasteiger partial charge in [-0.1, -0.05) is 30.3 Å². The van der Waals surface area contributed by atoms with Crippen LogP contribution in [0.25, 0.3) is 5.69 Å². The van der Waals surface area contributed by atoms with E-state index in [1.807, 2.05) is 18.2 Å². The van der Waals surface area contributed by atoms with E-state index >= 15 is 0 Å². The number of hydrogen-bond donors (Lipinski definition) is 0. The number of tetrazole rings is 1. The van der Waals surface area contributed by atoms with Crippen molar-refractivity contribution in [3.63, 3.8) is 0 Å². The first-order valence-corrected chi connectivity index (χ1v) is 10.2. The van der Waals surface area contributed by atoms with Gasteiger partial charge in [0, 0.05) is 32.7 Å². The minimum atomic E-state index is -3.50. The molecule has 0 amide bonds. The van der Waals surface area contributed by atoms with Crippen LogP contribution in [0.2, 0.25) is 0 Å². The maximum Gasteiger partial charge on any atom is 0.243 e. The third kappa shape index (κ3) is 3.90. The van der Waals surface area contributed by atoms with Gasteiger partial charge < -0.3 is 0 Å². The molecule has 0 bridgehead atoms. The van der Waals surface area contributed by atoms with Gasteiger partial charge in [-0.3, -0.25) is 4.90 Å². The van der Waals surface area contributed by atoms with Gasteiger partial charge in [-0.05, 0) is 40.3 Å². The summed E-state index contributed by atoms with van der Waals surface area (Å²) in [4.78, 5) is 2.57. The van der Waals surface area contributed by atoms with Crippen LogP contribution >= 0.6 is 0 Å². The molecular formula is C18H20N6O2S. The summed E-state index contributed by atoms with van der Waals surface area (Å²) in [6, 6.07) is 16.8. The lowest BCUT2D eigenvalue weighted by atomic mass is 10.2. The Balaban J connectivity index is 1.41. The minimum absolute atomic E-state index is 0.288. The molecule has 3 aromatic rings. The highest BCUT2D eigenvalue weighted by Crippen LogP contribution is 2.20. The highest BCUT2D eigenvalue weighted by atomic mass is 32.2. The summed E-state index contributed by atoms with van der Waals surface area (Å²) in [6.07, 6.45) is 1.47. The second-order valence-corrected chi connectivity index (χ2v) is 8.35. The quantitative estimate of drug-likeness (QED) is 0.657. The van der Waals surface area contributed by atoms with Crippen molar-refractivity contribution in [3.8, 4) is 5.69 Å². The van der Waals surface area contributed by atoms with Crippen LogP contribution in [0, 0.1) is 0 Å². The first-order chi connectivity index (χ1) is 13.1. The normalized spacial score (nSPS) is 16.4. The molecule has 0 saturated carbocycles. The Kier molecular flexibility index (Phi) is 4.97. The van der Waals surface area contributed by atoms with Crippen molar-refractivity contribution in [2.24, 2.45) is 0 Å². The van der Waals surface area contributed by atoms with Gasteiger partial charge in [-0.2, -0.15) is 4.31 Å². The predicted molar refractivity (Wildman–Crippen MR) is 99.6 cm³/mol. The number of nitrogens with zero attached hydrogens (tertiary/aromatic N) is 6. The molecule has 0 radical (unpaired) electrons. The fourth-order valence-electron chi connectivity index (χ4n) is 3.17. The van der Waals surface area contributed by atoms with E-state index in [0.29, 0.717) is 18.8 Å². The van der Waals surface area contributed by atoms with Crippen LogP contribution < -0.4 is 0 Å². The standard InChI is InChI=1S/C18H20N6O2S/c25-27(26,18-8-6-17(7-9-18)24-15-19-20-21-24)23-12-10-22(11-13-23)14-16-4-2-1-3-5-16/h1-9,15H,10-14H2. The highest BCUT2D eigenvalue weighted by Gasteiger charge is 2.28. The Morgan fingerprint density at radius 3 is 2.22 bits per heavy atom. The molecule has 0 spiro atoms. The smallest absolute Gasteiger partial charge is 0.243 e. The summed E-state index contributed by atoms with van der Waals surface area (Å²) in [5.74, 6) is 0. The topological polar surface area (TPSA) is 84.2 Å². The van der Waals surface area contributed by atoms with Crippen molar-refractivity contribution < 1.29 is 8.42 Å². The van der Waals surface area contributed by atoms with E-state index in [1.54, 1.807) is 28.6 Å². The van der Waals surface area contributed by atoms with Crippen molar-refractivity contribution in [2.75, 3.05) is 26.2 Å². The number of piperazine rings is 1. The van der Waals surface area contributed by atoms with Crippen molar-refractivity contribution >= 4 is 10.0 Å². The third-order valence-corrected chi connectivity index (χ3v) is 6.58. The van der Waals surface area contributed by atoms with Crippen molar-refractivity contribution in [1.82, 2.24) is 29.4 Å². The van der Waals surface area contributed by atoms with Gasteiger partial charge >= 0.3 is 0 Å². The van der Waals surface area contributed by atoms with Crippen molar-refractivity contribution in [2.45, 2.75) is 11.4 Å². The van der Waals surface area contributed by atoms with Gasteiger partial charge in [0.1, 0.15) is 6.33 Å². The van der Waals surface area contributed by atoms with Crippen molar-refractivity contribution in [1.29, 1.82) is 0 Å². The zero-order valence-corrected chi connectivity index (χ0v) is 15.5. The fourth-order valence-corrected chi connectivity index (χ4v) is 4.59. The second kappa shape index (κ2) is 7.55. The molecule has 2 heterocycles. The fraction of sp³-hybridized carbons (Fsp3) is 0.278. The van der Waals surface area contributed by atoms with E-state index in [2.05, 4.69) is 32.6 Å². The highest BCUT2D eigenvalue weighted by molar-refractivity contribution is 7.89. The van der Waals surface area contributed by atoms with Crippen LogP contribution in [0.15, 0.2) is 65.8 Å². The molecule has 1 aliphatic heterocycles. The number of sulfonamides is 1. The Morgan fingerprint density at radius 2 is 1.59 bits per heavy atom. The lowest BCUT2D eigenvalue weighted by molar-refractivity contribution is 0.181. The summed E-state index contributed by atoms with van der Waals surface area (Å²) >= 11 is 0. The zero-order chi connectivity index (χ0) is 18.7. The van der Waals surface area contributed by atoms with Gasteiger partial charge in [-0.25, -0.2) is 13.1 Å². The summed E-state index contributed by atoms with van der Waals surface area (Å²) in [5, 5.41) is 11.0. The molecular weight excluding hydrogens is 364 g/mol. The molecule has 0 unspecified atom stereocenters. The molecule has 1 saturated heterocycles. The van der Waals surface area contributed by atoms with Crippen LogP contribution in [0.3, 0.4) is 0 Å². The largest absolute Gasteiger partial charge is 0.296 e. The number of benzene rings is 2. The van der Waals surface area contributed by atoms with E-state index in [-0.39, 0.29) is 4.90 Å². The molecule has 1 aliphatic rings. The minimum Gasteiger partial charge on any atom is -0.296 e. The van der Waals surface area contributed by atoms with Gasteiger partial charge in [0.05, 0.1) is 10.6 Å². The van der Waals surface area contributed by atoms with Crippen LogP contribution in [-0.2, 0) is 16.6 Å². The number of rotatable bonds is 5. The van der Waals surface area contributed by atoms with Crippen LogP contribution in [0.4, 0.5) is 0 Å². The van der Waals surface area contributed by atoms with Gasteiger partial charge in [0.25, 0.3) is 0 Å². The van der Waals surface area contributed by atoms with Crippen molar-refractivity contribution in [3.05, 3.63) is 66.5 Å². The first-order valence-electron chi connectivity index (χ1n) is 8.73. The molecule has 0 atom stereocenters. The Bertz CT molecular complexity index is 966. The second-order valence-electron chi connectivity index (χ2n) is 6.41. The molecule has 0 aliphatic carbocycles. The molecule has 27 heavy (non-hydrogen) atoms. The lowest BCUT2D eigenvalue weighted by Gasteiger charge is -2.34. The predicted octanol–water partition coefficient (Wildman–Crippen LogP) is 1.17. The van der Waals surface area contributed by atoms with E-state index < -0.39 is 10.0 Å². The van der Waals surface area contributed by atoms with Gasteiger partial charge in [0.2, 0.25) is 10.0 Å². The summed E-state index contributed by atoms with van der Waals surface area (Å²) in [6.45, 7) is 3.26. The SMILES string of the molecule is O=S(=O)(c1ccc(-n2cnnn2)cc1)N1CCN(Cc2ccccc2)CC1. The summed E-state index contributed by atoms with van der Waals surface area (Å²) < 4.78 is 28.9. The Labute approximate surface area is 158 Å². The molecule has 8 nitrogen and oxygen atoms in total. The van der Waals surface area contributed by atoms with Gasteiger partial charge in [0.15, 0.2) is 0 Å². The molecule has 9 heteroatoms. The zero-order valence-electron chi connectivity index (χ0n) is 14.7. The van der Waals surface area contributed by atoms with Crippen LogP contribution in [0.5, 0.6) is 0 Å². The van der Waals surface area contributed by atoms with E-state index in [9.17, 15) is 8.42 Å². The number of aromatic nitrogens is 4. The monoisotopic (exact) mass is 384 g/mol. The van der Waals surface area contributed by atoms with Crippen LogP contribution in [0.1, 0.15) is 5.56 Å². The maximum atomic E-state index is 12.9. The van der Waals surface area contributed by atoms with Crippen LogP contribution in [-0.4, -0.2) is 64.0 Å².